The van der Waals surface area contributed by atoms with Gasteiger partial charge in [0, 0.05) is 18.6 Å². The molecule has 1 fully saturated rings. The van der Waals surface area contributed by atoms with Crippen molar-refractivity contribution in [2.24, 2.45) is 11.7 Å². The molecule has 112 valence electrons. The molecule has 1 aliphatic rings. The molecule has 2 N–H and O–H groups in total. The van der Waals surface area contributed by atoms with Gasteiger partial charge in [-0.3, -0.25) is 4.90 Å². The number of rotatable bonds is 4. The lowest BCUT2D eigenvalue weighted by Gasteiger charge is -2.42. The zero-order chi connectivity index (χ0) is 14.7. The van der Waals surface area contributed by atoms with Crippen molar-refractivity contribution in [1.29, 1.82) is 0 Å². The minimum atomic E-state index is 0.472. The average Bonchev–Trinajstić information content (AvgIpc) is 2.44. The molecule has 0 aromatic heterocycles. The SMILES string of the molecule is CCC1CCN(C(C)c2cc(C)cc(C)c2)C(CN)C1. The number of likely N-dealkylation sites (tertiary alicyclic amines) is 1. The van der Waals surface area contributed by atoms with Gasteiger partial charge in [-0.2, -0.15) is 0 Å². The summed E-state index contributed by atoms with van der Waals surface area (Å²) >= 11 is 0. The van der Waals surface area contributed by atoms with Gasteiger partial charge in [0.2, 0.25) is 0 Å². The molecule has 3 atom stereocenters. The molecule has 1 aromatic carbocycles. The zero-order valence-electron chi connectivity index (χ0n) is 13.5. The molecule has 1 saturated heterocycles. The van der Waals surface area contributed by atoms with Gasteiger partial charge in [0.15, 0.2) is 0 Å². The Bertz CT molecular complexity index is 421. The Morgan fingerprint density at radius 1 is 1.25 bits per heavy atom. The van der Waals surface area contributed by atoms with E-state index in [1.54, 1.807) is 0 Å². The molecule has 0 bridgehead atoms. The van der Waals surface area contributed by atoms with E-state index >= 15 is 0 Å². The molecule has 0 radical (unpaired) electrons. The van der Waals surface area contributed by atoms with Crippen LogP contribution in [0.5, 0.6) is 0 Å². The van der Waals surface area contributed by atoms with Crippen LogP contribution in [0.15, 0.2) is 18.2 Å². The second kappa shape index (κ2) is 6.73. The predicted molar refractivity (Wildman–Crippen MR) is 86.9 cm³/mol. The average molecular weight is 274 g/mol. The lowest BCUT2D eigenvalue weighted by Crippen LogP contribution is -2.47. The van der Waals surface area contributed by atoms with Crippen LogP contribution in [-0.4, -0.2) is 24.0 Å². The van der Waals surface area contributed by atoms with Gasteiger partial charge in [-0.15, -0.1) is 0 Å². The quantitative estimate of drug-likeness (QED) is 0.904. The van der Waals surface area contributed by atoms with E-state index in [0.29, 0.717) is 12.1 Å². The lowest BCUT2D eigenvalue weighted by atomic mass is 9.87. The van der Waals surface area contributed by atoms with Crippen LogP contribution in [0.1, 0.15) is 55.8 Å². The number of benzene rings is 1. The zero-order valence-corrected chi connectivity index (χ0v) is 13.5. The Labute approximate surface area is 124 Å². The number of nitrogens with zero attached hydrogens (tertiary/aromatic N) is 1. The fraction of sp³-hybridized carbons (Fsp3) is 0.667. The Hall–Kier alpha value is -0.860. The number of hydrogen-bond acceptors (Lipinski definition) is 2. The van der Waals surface area contributed by atoms with Crippen molar-refractivity contribution in [3.63, 3.8) is 0 Å². The van der Waals surface area contributed by atoms with E-state index in [1.807, 2.05) is 0 Å². The monoisotopic (exact) mass is 274 g/mol. The molecule has 0 saturated carbocycles. The third-order valence-corrected chi connectivity index (χ3v) is 4.94. The minimum Gasteiger partial charge on any atom is -0.329 e. The largest absolute Gasteiger partial charge is 0.329 e. The van der Waals surface area contributed by atoms with Crippen molar-refractivity contribution in [2.75, 3.05) is 13.1 Å². The first-order valence-electron chi connectivity index (χ1n) is 8.09. The van der Waals surface area contributed by atoms with Gasteiger partial charge in [-0.1, -0.05) is 42.7 Å². The highest BCUT2D eigenvalue weighted by atomic mass is 15.2. The van der Waals surface area contributed by atoms with Crippen molar-refractivity contribution >= 4 is 0 Å². The Balaban J connectivity index is 2.16. The highest BCUT2D eigenvalue weighted by Crippen LogP contribution is 2.32. The number of piperidine rings is 1. The smallest absolute Gasteiger partial charge is 0.0323 e. The fourth-order valence-corrected chi connectivity index (χ4v) is 3.71. The molecule has 2 rings (SSSR count). The van der Waals surface area contributed by atoms with Crippen LogP contribution in [0.2, 0.25) is 0 Å². The highest BCUT2D eigenvalue weighted by molar-refractivity contribution is 5.30. The van der Waals surface area contributed by atoms with Gasteiger partial charge >= 0.3 is 0 Å². The van der Waals surface area contributed by atoms with E-state index in [9.17, 15) is 0 Å². The van der Waals surface area contributed by atoms with Gasteiger partial charge in [-0.25, -0.2) is 0 Å². The van der Waals surface area contributed by atoms with Crippen LogP contribution in [-0.2, 0) is 0 Å². The predicted octanol–water partition coefficient (Wildman–Crippen LogP) is 3.81. The molecule has 2 heteroatoms. The molecule has 1 aromatic rings. The number of aryl methyl sites for hydroxylation is 2. The molecule has 2 nitrogen and oxygen atoms in total. The first kappa shape index (κ1) is 15.5. The fourth-order valence-electron chi connectivity index (χ4n) is 3.71. The van der Waals surface area contributed by atoms with Crippen LogP contribution in [0, 0.1) is 19.8 Å². The first-order valence-corrected chi connectivity index (χ1v) is 8.09. The summed E-state index contributed by atoms with van der Waals surface area (Å²) in [5.74, 6) is 0.867. The summed E-state index contributed by atoms with van der Waals surface area (Å²) < 4.78 is 0. The second-order valence-electron chi connectivity index (χ2n) is 6.52. The second-order valence-corrected chi connectivity index (χ2v) is 6.52. The topological polar surface area (TPSA) is 29.3 Å². The van der Waals surface area contributed by atoms with Crippen LogP contribution in [0.25, 0.3) is 0 Å². The van der Waals surface area contributed by atoms with Gasteiger partial charge in [-0.05, 0) is 51.6 Å². The maximum absolute atomic E-state index is 6.04. The third-order valence-electron chi connectivity index (χ3n) is 4.94. The third kappa shape index (κ3) is 3.42. The summed E-state index contributed by atoms with van der Waals surface area (Å²) in [4.78, 5) is 2.63. The first-order chi connectivity index (χ1) is 9.55. The molecule has 0 aliphatic carbocycles. The number of nitrogens with two attached hydrogens (primary N) is 1. The Kier molecular flexibility index (Phi) is 5.22. The van der Waals surface area contributed by atoms with Crippen LogP contribution >= 0.6 is 0 Å². The van der Waals surface area contributed by atoms with E-state index < -0.39 is 0 Å². The summed E-state index contributed by atoms with van der Waals surface area (Å²) in [6.45, 7) is 11.0. The van der Waals surface area contributed by atoms with Crippen LogP contribution in [0.4, 0.5) is 0 Å². The van der Waals surface area contributed by atoms with Crippen molar-refractivity contribution in [3.05, 3.63) is 34.9 Å². The number of hydrogen-bond donors (Lipinski definition) is 1. The van der Waals surface area contributed by atoms with Crippen molar-refractivity contribution in [1.82, 2.24) is 4.90 Å². The van der Waals surface area contributed by atoms with Gasteiger partial charge < -0.3 is 5.73 Å². The van der Waals surface area contributed by atoms with Gasteiger partial charge in [0.25, 0.3) is 0 Å². The summed E-state index contributed by atoms with van der Waals surface area (Å²) in [5, 5.41) is 0. The van der Waals surface area contributed by atoms with Gasteiger partial charge in [0.1, 0.15) is 0 Å². The standard InChI is InChI=1S/C18H30N2/c1-5-16-6-7-20(18(11-16)12-19)15(4)17-9-13(2)8-14(3)10-17/h8-10,15-16,18H,5-7,11-12,19H2,1-4H3. The highest BCUT2D eigenvalue weighted by Gasteiger charge is 2.30. The Morgan fingerprint density at radius 3 is 2.45 bits per heavy atom. The molecule has 1 heterocycles. The Morgan fingerprint density at radius 2 is 1.90 bits per heavy atom. The van der Waals surface area contributed by atoms with Crippen LogP contribution in [0.3, 0.4) is 0 Å². The van der Waals surface area contributed by atoms with Crippen molar-refractivity contribution in [3.8, 4) is 0 Å². The lowest BCUT2D eigenvalue weighted by molar-refractivity contribution is 0.0772. The summed E-state index contributed by atoms with van der Waals surface area (Å²) in [6, 6.07) is 7.93. The summed E-state index contributed by atoms with van der Waals surface area (Å²) in [7, 11) is 0. The molecule has 0 spiro atoms. The van der Waals surface area contributed by atoms with E-state index in [2.05, 4.69) is 50.8 Å². The maximum atomic E-state index is 6.04. The summed E-state index contributed by atoms with van der Waals surface area (Å²) in [6.07, 6.45) is 3.88. The molecule has 0 amide bonds. The summed E-state index contributed by atoms with van der Waals surface area (Å²) in [5.41, 5.74) is 10.2. The molecular weight excluding hydrogens is 244 g/mol. The van der Waals surface area contributed by atoms with E-state index in [1.165, 1.54) is 42.5 Å². The van der Waals surface area contributed by atoms with E-state index in [-0.39, 0.29) is 0 Å². The molecule has 3 unspecified atom stereocenters. The van der Waals surface area contributed by atoms with E-state index in [0.717, 1.165) is 12.5 Å². The van der Waals surface area contributed by atoms with Crippen molar-refractivity contribution < 1.29 is 0 Å². The minimum absolute atomic E-state index is 0.472. The van der Waals surface area contributed by atoms with E-state index in [4.69, 9.17) is 5.73 Å². The molecular formula is C18H30N2. The normalized spacial score (nSPS) is 25.6. The van der Waals surface area contributed by atoms with Crippen LogP contribution < -0.4 is 5.73 Å². The maximum Gasteiger partial charge on any atom is 0.0323 e. The molecule has 1 aliphatic heterocycles. The molecule has 20 heavy (non-hydrogen) atoms. The van der Waals surface area contributed by atoms with Crippen molar-refractivity contribution in [2.45, 2.75) is 59.0 Å². The van der Waals surface area contributed by atoms with Gasteiger partial charge in [0.05, 0.1) is 0 Å².